The number of rotatable bonds is 3. The lowest BCUT2D eigenvalue weighted by Gasteiger charge is -1.86. The van der Waals surface area contributed by atoms with Crippen molar-refractivity contribution in [3.63, 3.8) is 0 Å². The molecule has 3 N–H and O–H groups in total. The van der Waals surface area contributed by atoms with Crippen LogP contribution in [0.25, 0.3) is 0 Å². The highest BCUT2D eigenvalue weighted by Crippen LogP contribution is 2.38. The van der Waals surface area contributed by atoms with Crippen molar-refractivity contribution in [1.82, 2.24) is 10.2 Å². The molecule has 1 heterocycles. The summed E-state index contributed by atoms with van der Waals surface area (Å²) in [6.45, 7) is 0.0367. The maximum Gasteiger partial charge on any atom is 0.196 e. The molecule has 1 aromatic heterocycles. The van der Waals surface area contributed by atoms with Gasteiger partial charge in [-0.15, -0.1) is 0 Å². The first-order valence-electron chi connectivity index (χ1n) is 4.10. The SMILES string of the molecule is NCC(=O)c1cc(C2CC2)[nH]n1. The average Bonchev–Trinajstić information content (AvgIpc) is 2.83. The van der Waals surface area contributed by atoms with Crippen molar-refractivity contribution in [2.24, 2.45) is 5.73 Å². The molecule has 0 spiro atoms. The third-order valence-corrected chi connectivity index (χ3v) is 2.09. The fourth-order valence-electron chi connectivity index (χ4n) is 1.19. The summed E-state index contributed by atoms with van der Waals surface area (Å²) >= 11 is 0. The Morgan fingerprint density at radius 2 is 2.50 bits per heavy atom. The number of carbonyl (C=O) groups is 1. The van der Waals surface area contributed by atoms with E-state index in [1.165, 1.54) is 12.8 Å². The van der Waals surface area contributed by atoms with Gasteiger partial charge in [-0.3, -0.25) is 9.89 Å². The Morgan fingerprint density at radius 3 is 3.08 bits per heavy atom. The summed E-state index contributed by atoms with van der Waals surface area (Å²) in [6.07, 6.45) is 2.41. The fraction of sp³-hybridized carbons (Fsp3) is 0.500. The maximum absolute atomic E-state index is 11.1. The lowest BCUT2D eigenvalue weighted by Crippen LogP contribution is -2.13. The Balaban J connectivity index is 2.17. The van der Waals surface area contributed by atoms with Gasteiger partial charge in [0.2, 0.25) is 0 Å². The zero-order valence-corrected chi connectivity index (χ0v) is 6.71. The Hall–Kier alpha value is -1.16. The molecule has 1 aromatic rings. The highest BCUT2D eigenvalue weighted by atomic mass is 16.1. The molecule has 4 heteroatoms. The molecular weight excluding hydrogens is 154 g/mol. The monoisotopic (exact) mass is 165 g/mol. The van der Waals surface area contributed by atoms with Gasteiger partial charge in [0.15, 0.2) is 5.78 Å². The van der Waals surface area contributed by atoms with Crippen LogP contribution < -0.4 is 5.73 Å². The maximum atomic E-state index is 11.1. The molecule has 2 rings (SSSR count). The van der Waals surface area contributed by atoms with Crippen LogP contribution in [0.15, 0.2) is 6.07 Å². The number of aromatic amines is 1. The minimum absolute atomic E-state index is 0.0367. The van der Waals surface area contributed by atoms with Gasteiger partial charge in [-0.1, -0.05) is 0 Å². The molecule has 0 aromatic carbocycles. The van der Waals surface area contributed by atoms with Crippen molar-refractivity contribution in [3.05, 3.63) is 17.5 Å². The quantitative estimate of drug-likeness (QED) is 0.638. The summed E-state index contributed by atoms with van der Waals surface area (Å²) in [4.78, 5) is 11.1. The van der Waals surface area contributed by atoms with E-state index in [-0.39, 0.29) is 12.3 Å². The summed E-state index contributed by atoms with van der Waals surface area (Å²) in [5.74, 6) is 0.509. The van der Waals surface area contributed by atoms with Gasteiger partial charge in [-0.05, 0) is 18.9 Å². The number of hydrogen-bond donors (Lipinski definition) is 2. The van der Waals surface area contributed by atoms with E-state index in [1.54, 1.807) is 0 Å². The number of Topliss-reactive ketones (excluding diaryl/α,β-unsaturated/α-hetero) is 1. The molecule has 1 aliphatic carbocycles. The largest absolute Gasteiger partial charge is 0.324 e. The second kappa shape index (κ2) is 2.71. The Kier molecular flexibility index (Phi) is 1.69. The van der Waals surface area contributed by atoms with E-state index in [0.717, 1.165) is 5.69 Å². The third-order valence-electron chi connectivity index (χ3n) is 2.09. The minimum atomic E-state index is -0.0989. The molecule has 0 amide bonds. The number of nitrogens with zero attached hydrogens (tertiary/aromatic N) is 1. The molecule has 0 saturated heterocycles. The number of aromatic nitrogens is 2. The van der Waals surface area contributed by atoms with Crippen molar-refractivity contribution in [2.45, 2.75) is 18.8 Å². The molecule has 1 aliphatic rings. The van der Waals surface area contributed by atoms with Gasteiger partial charge in [0.25, 0.3) is 0 Å². The summed E-state index contributed by atoms with van der Waals surface area (Å²) < 4.78 is 0. The van der Waals surface area contributed by atoms with E-state index in [9.17, 15) is 4.79 Å². The Labute approximate surface area is 70.1 Å². The number of ketones is 1. The summed E-state index contributed by atoms with van der Waals surface area (Å²) in [7, 11) is 0. The van der Waals surface area contributed by atoms with E-state index >= 15 is 0 Å². The van der Waals surface area contributed by atoms with E-state index < -0.39 is 0 Å². The van der Waals surface area contributed by atoms with Crippen molar-refractivity contribution in [1.29, 1.82) is 0 Å². The van der Waals surface area contributed by atoms with Gasteiger partial charge in [-0.2, -0.15) is 5.10 Å². The second-order valence-corrected chi connectivity index (χ2v) is 3.11. The fourth-order valence-corrected chi connectivity index (χ4v) is 1.19. The first-order valence-corrected chi connectivity index (χ1v) is 4.10. The molecular formula is C8H11N3O. The van der Waals surface area contributed by atoms with Gasteiger partial charge in [0.1, 0.15) is 5.69 Å². The van der Waals surface area contributed by atoms with Crippen LogP contribution in [-0.2, 0) is 0 Å². The summed E-state index contributed by atoms with van der Waals surface area (Å²) in [6, 6.07) is 1.81. The van der Waals surface area contributed by atoms with Gasteiger partial charge in [-0.25, -0.2) is 0 Å². The van der Waals surface area contributed by atoms with Gasteiger partial charge < -0.3 is 5.73 Å². The Bertz CT molecular complexity index is 301. The normalized spacial score (nSPS) is 16.4. The van der Waals surface area contributed by atoms with Crippen LogP contribution in [0.5, 0.6) is 0 Å². The predicted molar refractivity (Wildman–Crippen MR) is 43.9 cm³/mol. The van der Waals surface area contributed by atoms with Crippen LogP contribution in [0.3, 0.4) is 0 Å². The molecule has 0 unspecified atom stereocenters. The standard InChI is InChI=1S/C8H11N3O/c9-4-8(12)7-3-6(10-11-7)5-1-2-5/h3,5H,1-2,4,9H2,(H,10,11). The lowest BCUT2D eigenvalue weighted by atomic mass is 10.2. The molecule has 0 bridgehead atoms. The Morgan fingerprint density at radius 1 is 1.75 bits per heavy atom. The minimum Gasteiger partial charge on any atom is -0.324 e. The highest BCUT2D eigenvalue weighted by molar-refractivity contribution is 5.95. The van der Waals surface area contributed by atoms with Gasteiger partial charge in [0, 0.05) is 11.6 Å². The van der Waals surface area contributed by atoms with E-state index in [1.807, 2.05) is 6.07 Å². The van der Waals surface area contributed by atoms with E-state index in [2.05, 4.69) is 10.2 Å². The van der Waals surface area contributed by atoms with Crippen molar-refractivity contribution in [2.75, 3.05) is 6.54 Å². The number of carbonyl (C=O) groups excluding carboxylic acids is 1. The zero-order chi connectivity index (χ0) is 8.55. The van der Waals surface area contributed by atoms with Crippen molar-refractivity contribution < 1.29 is 4.79 Å². The second-order valence-electron chi connectivity index (χ2n) is 3.11. The highest BCUT2D eigenvalue weighted by Gasteiger charge is 2.26. The molecule has 64 valence electrons. The van der Waals surface area contributed by atoms with Crippen molar-refractivity contribution in [3.8, 4) is 0 Å². The first kappa shape index (κ1) is 7.49. The van der Waals surface area contributed by atoms with E-state index in [4.69, 9.17) is 5.73 Å². The van der Waals surface area contributed by atoms with E-state index in [0.29, 0.717) is 11.6 Å². The molecule has 12 heavy (non-hydrogen) atoms. The third kappa shape index (κ3) is 1.25. The first-order chi connectivity index (χ1) is 5.81. The zero-order valence-electron chi connectivity index (χ0n) is 6.71. The molecule has 0 radical (unpaired) electrons. The van der Waals surface area contributed by atoms with Crippen LogP contribution in [0, 0.1) is 0 Å². The number of H-pyrrole nitrogens is 1. The topological polar surface area (TPSA) is 71.8 Å². The number of nitrogens with one attached hydrogen (secondary N) is 1. The van der Waals surface area contributed by atoms with Crippen molar-refractivity contribution >= 4 is 5.78 Å². The van der Waals surface area contributed by atoms with Crippen LogP contribution >= 0.6 is 0 Å². The number of nitrogens with two attached hydrogens (primary N) is 1. The smallest absolute Gasteiger partial charge is 0.196 e. The van der Waals surface area contributed by atoms with Crippen LogP contribution in [0.4, 0.5) is 0 Å². The summed E-state index contributed by atoms with van der Waals surface area (Å²) in [5, 5.41) is 6.75. The predicted octanol–water partition coefficient (Wildman–Crippen LogP) is 0.428. The van der Waals surface area contributed by atoms with Crippen LogP contribution in [-0.4, -0.2) is 22.5 Å². The van der Waals surface area contributed by atoms with Crippen LogP contribution in [0.2, 0.25) is 0 Å². The van der Waals surface area contributed by atoms with Gasteiger partial charge in [0.05, 0.1) is 6.54 Å². The molecule has 4 nitrogen and oxygen atoms in total. The average molecular weight is 165 g/mol. The molecule has 1 saturated carbocycles. The molecule has 0 aliphatic heterocycles. The summed E-state index contributed by atoms with van der Waals surface area (Å²) in [5.41, 5.74) is 6.75. The molecule has 1 fully saturated rings. The van der Waals surface area contributed by atoms with Gasteiger partial charge >= 0.3 is 0 Å². The van der Waals surface area contributed by atoms with Crippen LogP contribution in [0.1, 0.15) is 34.9 Å². The lowest BCUT2D eigenvalue weighted by molar-refractivity contribution is 0.0996. The number of hydrogen-bond acceptors (Lipinski definition) is 3. The molecule has 0 atom stereocenters.